The lowest BCUT2D eigenvalue weighted by molar-refractivity contribution is 0.0481. The average molecular weight is 267 g/mol. The predicted octanol–water partition coefficient (Wildman–Crippen LogP) is 2.25. The first-order valence-corrected chi connectivity index (χ1v) is 6.10. The van der Waals surface area contributed by atoms with Gasteiger partial charge in [0, 0.05) is 0 Å². The number of carbonyl (C=O) groups is 1. The molecule has 0 aliphatic carbocycles. The van der Waals surface area contributed by atoms with E-state index < -0.39 is 17.7 Å². The average Bonchev–Trinajstić information content (AvgIpc) is 2.34. The number of ether oxygens (including phenoxy) is 2. The standard InChI is InChI=1S/C14H21NO4/c1-14(2,3)19-13(17)15-12(9-16)10-6-5-7-11(8-10)18-4/h5-8,12,16H,9H2,1-4H3,(H,15,17)/t12-/m1/s1. The third kappa shape index (κ3) is 5.18. The third-order valence-electron chi connectivity index (χ3n) is 2.37. The van der Waals surface area contributed by atoms with Gasteiger partial charge in [-0.3, -0.25) is 0 Å². The van der Waals surface area contributed by atoms with Gasteiger partial charge < -0.3 is 19.9 Å². The molecule has 0 saturated carbocycles. The van der Waals surface area contributed by atoms with Crippen LogP contribution in [0.25, 0.3) is 0 Å². The first-order chi connectivity index (χ1) is 8.85. The van der Waals surface area contributed by atoms with Crippen molar-refractivity contribution >= 4 is 6.09 Å². The van der Waals surface area contributed by atoms with E-state index in [1.807, 2.05) is 0 Å². The lowest BCUT2D eigenvalue weighted by Gasteiger charge is -2.23. The lowest BCUT2D eigenvalue weighted by Crippen LogP contribution is -2.36. The van der Waals surface area contributed by atoms with E-state index in [-0.39, 0.29) is 6.61 Å². The molecule has 1 amide bonds. The van der Waals surface area contributed by atoms with Gasteiger partial charge in [-0.15, -0.1) is 0 Å². The minimum absolute atomic E-state index is 0.216. The molecule has 0 unspecified atom stereocenters. The summed E-state index contributed by atoms with van der Waals surface area (Å²) in [6.07, 6.45) is -0.561. The molecule has 1 aromatic carbocycles. The van der Waals surface area contributed by atoms with Crippen molar-refractivity contribution in [2.24, 2.45) is 0 Å². The predicted molar refractivity (Wildman–Crippen MR) is 72.2 cm³/mol. The Morgan fingerprint density at radius 3 is 2.63 bits per heavy atom. The maximum Gasteiger partial charge on any atom is 0.408 e. The number of nitrogens with one attached hydrogen (secondary N) is 1. The van der Waals surface area contributed by atoms with E-state index in [9.17, 15) is 9.90 Å². The summed E-state index contributed by atoms with van der Waals surface area (Å²) in [7, 11) is 1.56. The van der Waals surface area contributed by atoms with Gasteiger partial charge in [0.25, 0.3) is 0 Å². The molecule has 0 radical (unpaired) electrons. The summed E-state index contributed by atoms with van der Waals surface area (Å²) in [5.74, 6) is 0.668. The smallest absolute Gasteiger partial charge is 0.408 e. The van der Waals surface area contributed by atoms with Gasteiger partial charge in [0.15, 0.2) is 0 Å². The zero-order valence-electron chi connectivity index (χ0n) is 11.8. The third-order valence-corrected chi connectivity index (χ3v) is 2.37. The van der Waals surface area contributed by atoms with Crippen molar-refractivity contribution in [3.8, 4) is 5.75 Å². The van der Waals surface area contributed by atoms with E-state index in [0.29, 0.717) is 5.75 Å². The number of rotatable bonds is 4. The normalized spacial score (nSPS) is 12.7. The van der Waals surface area contributed by atoms with Crippen molar-refractivity contribution in [1.29, 1.82) is 0 Å². The number of amides is 1. The van der Waals surface area contributed by atoms with Gasteiger partial charge in [-0.25, -0.2) is 4.79 Å². The highest BCUT2D eigenvalue weighted by Crippen LogP contribution is 2.19. The van der Waals surface area contributed by atoms with Gasteiger partial charge in [0.1, 0.15) is 11.4 Å². The van der Waals surface area contributed by atoms with E-state index in [0.717, 1.165) is 5.56 Å². The van der Waals surface area contributed by atoms with Crippen LogP contribution in [0.2, 0.25) is 0 Å². The Hall–Kier alpha value is -1.75. The van der Waals surface area contributed by atoms with Crippen LogP contribution in [-0.4, -0.2) is 30.5 Å². The number of hydrogen-bond donors (Lipinski definition) is 2. The molecule has 1 rings (SSSR count). The van der Waals surface area contributed by atoms with Gasteiger partial charge in [-0.05, 0) is 38.5 Å². The monoisotopic (exact) mass is 267 g/mol. The Bertz CT molecular complexity index is 426. The lowest BCUT2D eigenvalue weighted by atomic mass is 10.1. The zero-order chi connectivity index (χ0) is 14.5. The molecule has 106 valence electrons. The molecule has 0 aliphatic rings. The number of aliphatic hydroxyl groups excluding tert-OH is 1. The molecular weight excluding hydrogens is 246 g/mol. The summed E-state index contributed by atoms with van der Waals surface area (Å²) in [6, 6.07) is 6.64. The Kier molecular flexibility index (Phi) is 5.18. The minimum atomic E-state index is -0.571. The number of benzene rings is 1. The minimum Gasteiger partial charge on any atom is -0.497 e. The maximum absolute atomic E-state index is 11.7. The number of alkyl carbamates (subject to hydrolysis) is 1. The molecule has 1 atom stereocenters. The Morgan fingerprint density at radius 1 is 1.42 bits per heavy atom. The quantitative estimate of drug-likeness (QED) is 0.878. The second-order valence-electron chi connectivity index (χ2n) is 5.16. The van der Waals surface area contributed by atoms with Crippen LogP contribution in [0.4, 0.5) is 4.79 Å². The molecule has 0 saturated heterocycles. The molecule has 0 bridgehead atoms. The van der Waals surface area contributed by atoms with Gasteiger partial charge in [-0.1, -0.05) is 12.1 Å². The van der Waals surface area contributed by atoms with Crippen LogP contribution in [0.15, 0.2) is 24.3 Å². The molecule has 0 aliphatic heterocycles. The summed E-state index contributed by atoms with van der Waals surface area (Å²) in [5.41, 5.74) is 0.186. The molecule has 5 heteroatoms. The summed E-state index contributed by atoms with van der Waals surface area (Å²) in [6.45, 7) is 5.14. The fourth-order valence-corrected chi connectivity index (χ4v) is 1.54. The second kappa shape index (κ2) is 6.43. The van der Waals surface area contributed by atoms with Crippen LogP contribution in [0.5, 0.6) is 5.75 Å². The largest absolute Gasteiger partial charge is 0.497 e. The van der Waals surface area contributed by atoms with Gasteiger partial charge in [-0.2, -0.15) is 0 Å². The highest BCUT2D eigenvalue weighted by Gasteiger charge is 2.20. The number of methoxy groups -OCH3 is 1. The molecule has 1 aromatic rings. The van der Waals surface area contributed by atoms with Crippen molar-refractivity contribution < 1.29 is 19.4 Å². The summed E-state index contributed by atoms with van der Waals surface area (Å²) < 4.78 is 10.3. The van der Waals surface area contributed by atoms with Crippen molar-refractivity contribution in [3.63, 3.8) is 0 Å². The fraction of sp³-hybridized carbons (Fsp3) is 0.500. The van der Waals surface area contributed by atoms with E-state index >= 15 is 0 Å². The zero-order valence-corrected chi connectivity index (χ0v) is 11.8. The summed E-state index contributed by atoms with van der Waals surface area (Å²) >= 11 is 0. The van der Waals surface area contributed by atoms with Gasteiger partial charge in [0.2, 0.25) is 0 Å². The van der Waals surface area contributed by atoms with Crippen molar-refractivity contribution in [2.75, 3.05) is 13.7 Å². The Labute approximate surface area is 113 Å². The van der Waals surface area contributed by atoms with Crippen LogP contribution in [-0.2, 0) is 4.74 Å². The van der Waals surface area contributed by atoms with Crippen molar-refractivity contribution in [3.05, 3.63) is 29.8 Å². The molecular formula is C14H21NO4. The van der Waals surface area contributed by atoms with E-state index in [1.165, 1.54) is 0 Å². The number of aliphatic hydroxyl groups is 1. The molecule has 0 spiro atoms. The van der Waals surface area contributed by atoms with E-state index in [1.54, 1.807) is 52.1 Å². The maximum atomic E-state index is 11.7. The number of carbonyl (C=O) groups excluding carboxylic acids is 1. The van der Waals surface area contributed by atoms with Gasteiger partial charge >= 0.3 is 6.09 Å². The summed E-state index contributed by atoms with van der Waals surface area (Å²) in [5, 5.41) is 12.0. The first kappa shape index (κ1) is 15.3. The molecule has 19 heavy (non-hydrogen) atoms. The molecule has 5 nitrogen and oxygen atoms in total. The molecule has 2 N–H and O–H groups in total. The van der Waals surface area contributed by atoms with Crippen LogP contribution in [0.1, 0.15) is 32.4 Å². The van der Waals surface area contributed by atoms with Crippen molar-refractivity contribution in [2.45, 2.75) is 32.4 Å². The van der Waals surface area contributed by atoms with Crippen LogP contribution >= 0.6 is 0 Å². The van der Waals surface area contributed by atoms with Crippen LogP contribution in [0, 0.1) is 0 Å². The molecule has 0 fully saturated rings. The number of hydrogen-bond acceptors (Lipinski definition) is 4. The van der Waals surface area contributed by atoms with Gasteiger partial charge in [0.05, 0.1) is 19.8 Å². The molecule has 0 heterocycles. The topological polar surface area (TPSA) is 67.8 Å². The van der Waals surface area contributed by atoms with E-state index in [4.69, 9.17) is 9.47 Å². The first-order valence-electron chi connectivity index (χ1n) is 6.10. The van der Waals surface area contributed by atoms with Crippen molar-refractivity contribution in [1.82, 2.24) is 5.32 Å². The van der Waals surface area contributed by atoms with E-state index in [2.05, 4.69) is 5.32 Å². The Balaban J connectivity index is 2.75. The van der Waals surface area contributed by atoms with Crippen LogP contribution < -0.4 is 10.1 Å². The highest BCUT2D eigenvalue weighted by atomic mass is 16.6. The van der Waals surface area contributed by atoms with Crippen LogP contribution in [0.3, 0.4) is 0 Å². The second-order valence-corrected chi connectivity index (χ2v) is 5.16. The summed E-state index contributed by atoms with van der Waals surface area (Å²) in [4.78, 5) is 11.7. The Morgan fingerprint density at radius 2 is 2.11 bits per heavy atom. The SMILES string of the molecule is COc1cccc([C@@H](CO)NC(=O)OC(C)(C)C)c1. The highest BCUT2D eigenvalue weighted by molar-refractivity contribution is 5.68. The molecule has 0 aromatic heterocycles. The fourth-order valence-electron chi connectivity index (χ4n) is 1.54.